The van der Waals surface area contributed by atoms with E-state index in [1.165, 1.54) is 11.1 Å². The Labute approximate surface area is 160 Å². The van der Waals surface area contributed by atoms with E-state index in [0.29, 0.717) is 13.0 Å². The van der Waals surface area contributed by atoms with E-state index >= 15 is 0 Å². The van der Waals surface area contributed by atoms with Crippen LogP contribution in [-0.2, 0) is 24.2 Å². The van der Waals surface area contributed by atoms with Crippen molar-refractivity contribution in [2.24, 2.45) is 0 Å². The normalized spacial score (nSPS) is 15.9. The molecule has 3 heteroatoms. The van der Waals surface area contributed by atoms with Crippen LogP contribution >= 0.6 is 0 Å². The van der Waals surface area contributed by atoms with E-state index in [1.54, 1.807) is 5.01 Å². The Bertz CT molecular complexity index is 837. The number of hydrogen-bond acceptors (Lipinski definition) is 2. The number of rotatable bonds is 6. The van der Waals surface area contributed by atoms with Crippen molar-refractivity contribution in [2.75, 3.05) is 0 Å². The number of benzene rings is 3. The lowest BCUT2D eigenvalue weighted by Gasteiger charge is -2.30. The molecule has 0 atom stereocenters. The van der Waals surface area contributed by atoms with Gasteiger partial charge in [-0.15, -0.1) is 0 Å². The fourth-order valence-corrected chi connectivity index (χ4v) is 3.91. The van der Waals surface area contributed by atoms with Crippen molar-refractivity contribution in [1.29, 1.82) is 0 Å². The third-order valence-corrected chi connectivity index (χ3v) is 5.12. The van der Waals surface area contributed by atoms with E-state index in [1.807, 2.05) is 30.3 Å². The fourth-order valence-electron chi connectivity index (χ4n) is 3.91. The molecule has 3 aromatic carbocycles. The summed E-state index contributed by atoms with van der Waals surface area (Å²) in [5.41, 5.74) is 6.91. The van der Waals surface area contributed by atoms with Gasteiger partial charge in [-0.25, -0.2) is 5.43 Å². The summed E-state index contributed by atoms with van der Waals surface area (Å²) in [4.78, 5) is 12.8. The zero-order valence-electron chi connectivity index (χ0n) is 15.3. The van der Waals surface area contributed by atoms with Crippen LogP contribution < -0.4 is 5.43 Å². The maximum Gasteiger partial charge on any atom is 0.238 e. The van der Waals surface area contributed by atoms with Crippen molar-refractivity contribution in [3.05, 3.63) is 108 Å². The Morgan fingerprint density at radius 2 is 1.15 bits per heavy atom. The Kier molecular flexibility index (Phi) is 5.03. The van der Waals surface area contributed by atoms with Crippen LogP contribution in [0.25, 0.3) is 0 Å². The zero-order valence-corrected chi connectivity index (χ0v) is 15.3. The van der Waals surface area contributed by atoms with E-state index in [9.17, 15) is 4.79 Å². The lowest BCUT2D eigenvalue weighted by atomic mass is 9.83. The van der Waals surface area contributed by atoms with Gasteiger partial charge in [0.05, 0.1) is 12.1 Å². The Hall–Kier alpha value is -2.91. The van der Waals surface area contributed by atoms with Gasteiger partial charge in [0.15, 0.2) is 0 Å². The van der Waals surface area contributed by atoms with Gasteiger partial charge in [0.2, 0.25) is 5.91 Å². The molecule has 0 bridgehead atoms. The molecule has 136 valence electrons. The molecule has 3 nitrogen and oxygen atoms in total. The Morgan fingerprint density at radius 1 is 0.704 bits per heavy atom. The quantitative estimate of drug-likeness (QED) is 0.720. The predicted octanol–water partition coefficient (Wildman–Crippen LogP) is 4.15. The first-order chi connectivity index (χ1) is 13.2. The van der Waals surface area contributed by atoms with Gasteiger partial charge in [-0.1, -0.05) is 91.0 Å². The highest BCUT2D eigenvalue weighted by atomic mass is 16.2. The number of carbonyl (C=O) groups is 1. The molecule has 0 saturated carbocycles. The molecule has 0 unspecified atom stereocenters. The topological polar surface area (TPSA) is 32.3 Å². The highest BCUT2D eigenvalue weighted by molar-refractivity contribution is 5.79. The molecular weight excluding hydrogens is 332 g/mol. The fraction of sp³-hybridized carbons (Fsp3) is 0.208. The summed E-state index contributed by atoms with van der Waals surface area (Å²) in [5, 5.41) is 1.79. The SMILES string of the molecule is O=C1CC(Cc2ccccc2)(Cc2ccccc2)NN1Cc1ccccc1. The van der Waals surface area contributed by atoms with Crippen LogP contribution in [-0.4, -0.2) is 16.5 Å². The van der Waals surface area contributed by atoms with Crippen molar-refractivity contribution in [1.82, 2.24) is 10.4 Å². The van der Waals surface area contributed by atoms with Crippen LogP contribution in [0.5, 0.6) is 0 Å². The van der Waals surface area contributed by atoms with Crippen LogP contribution in [0.15, 0.2) is 91.0 Å². The molecule has 1 amide bonds. The van der Waals surface area contributed by atoms with E-state index in [-0.39, 0.29) is 11.4 Å². The van der Waals surface area contributed by atoms with Gasteiger partial charge in [-0.05, 0) is 29.5 Å². The molecule has 1 fully saturated rings. The second-order valence-electron chi connectivity index (χ2n) is 7.36. The smallest absolute Gasteiger partial charge is 0.238 e. The summed E-state index contributed by atoms with van der Waals surface area (Å²) in [6, 6.07) is 31.0. The molecule has 4 rings (SSSR count). The molecule has 1 aliphatic heterocycles. The average molecular weight is 356 g/mol. The number of amides is 1. The summed E-state index contributed by atoms with van der Waals surface area (Å²) < 4.78 is 0. The maximum absolute atomic E-state index is 12.8. The molecule has 27 heavy (non-hydrogen) atoms. The number of hydrazine groups is 1. The summed E-state index contributed by atoms with van der Waals surface area (Å²) in [6.07, 6.45) is 2.14. The second kappa shape index (κ2) is 7.77. The van der Waals surface area contributed by atoms with Crippen LogP contribution in [0.2, 0.25) is 0 Å². The lowest BCUT2D eigenvalue weighted by Crippen LogP contribution is -2.49. The first-order valence-electron chi connectivity index (χ1n) is 9.42. The van der Waals surface area contributed by atoms with Crippen molar-refractivity contribution in [3.8, 4) is 0 Å². The van der Waals surface area contributed by atoms with E-state index in [4.69, 9.17) is 0 Å². The van der Waals surface area contributed by atoms with Gasteiger partial charge in [-0.3, -0.25) is 9.80 Å². The minimum absolute atomic E-state index is 0.158. The van der Waals surface area contributed by atoms with Crippen molar-refractivity contribution in [3.63, 3.8) is 0 Å². The van der Waals surface area contributed by atoms with Crippen molar-refractivity contribution < 1.29 is 4.79 Å². The van der Waals surface area contributed by atoms with E-state index in [0.717, 1.165) is 18.4 Å². The lowest BCUT2D eigenvalue weighted by molar-refractivity contribution is -0.130. The van der Waals surface area contributed by atoms with Crippen LogP contribution in [0, 0.1) is 0 Å². The maximum atomic E-state index is 12.8. The van der Waals surface area contributed by atoms with Gasteiger partial charge in [0.25, 0.3) is 0 Å². The number of nitrogens with one attached hydrogen (secondary N) is 1. The van der Waals surface area contributed by atoms with Gasteiger partial charge in [0.1, 0.15) is 0 Å². The summed E-state index contributed by atoms with van der Waals surface area (Å²) in [6.45, 7) is 0.588. The second-order valence-corrected chi connectivity index (χ2v) is 7.36. The van der Waals surface area contributed by atoms with Crippen LogP contribution in [0.4, 0.5) is 0 Å². The average Bonchev–Trinajstić information content (AvgIpc) is 2.98. The first kappa shape index (κ1) is 17.5. The summed E-state index contributed by atoms with van der Waals surface area (Å²) in [5.74, 6) is 0.158. The third kappa shape index (κ3) is 4.26. The highest BCUT2D eigenvalue weighted by Gasteiger charge is 2.42. The van der Waals surface area contributed by atoms with E-state index in [2.05, 4.69) is 66.1 Å². The van der Waals surface area contributed by atoms with Gasteiger partial charge in [0, 0.05) is 6.42 Å². The van der Waals surface area contributed by atoms with E-state index < -0.39 is 0 Å². The molecule has 1 saturated heterocycles. The van der Waals surface area contributed by atoms with Crippen molar-refractivity contribution in [2.45, 2.75) is 31.3 Å². The molecule has 3 aromatic rings. The van der Waals surface area contributed by atoms with Gasteiger partial charge >= 0.3 is 0 Å². The standard InChI is InChI=1S/C24H24N2O/c27-23-18-24(16-20-10-4-1-5-11-20,17-21-12-6-2-7-13-21)25-26(23)19-22-14-8-3-9-15-22/h1-15,25H,16-19H2. The largest absolute Gasteiger partial charge is 0.273 e. The molecule has 1 heterocycles. The third-order valence-electron chi connectivity index (χ3n) is 5.12. The minimum atomic E-state index is -0.297. The Balaban J connectivity index is 1.59. The zero-order chi connectivity index (χ0) is 18.5. The Morgan fingerprint density at radius 3 is 1.63 bits per heavy atom. The number of carbonyl (C=O) groups excluding carboxylic acids is 1. The first-order valence-corrected chi connectivity index (χ1v) is 9.42. The number of hydrogen-bond donors (Lipinski definition) is 1. The highest BCUT2D eigenvalue weighted by Crippen LogP contribution is 2.29. The van der Waals surface area contributed by atoms with Crippen LogP contribution in [0.1, 0.15) is 23.1 Å². The summed E-state index contributed by atoms with van der Waals surface area (Å²) >= 11 is 0. The monoisotopic (exact) mass is 356 g/mol. The van der Waals surface area contributed by atoms with Crippen LogP contribution in [0.3, 0.4) is 0 Å². The molecular formula is C24H24N2O. The molecule has 0 radical (unpaired) electrons. The van der Waals surface area contributed by atoms with Gasteiger partial charge in [-0.2, -0.15) is 0 Å². The van der Waals surface area contributed by atoms with Crippen molar-refractivity contribution >= 4 is 5.91 Å². The molecule has 0 aliphatic carbocycles. The number of nitrogens with zero attached hydrogens (tertiary/aromatic N) is 1. The molecule has 0 aromatic heterocycles. The minimum Gasteiger partial charge on any atom is -0.273 e. The molecule has 1 N–H and O–H groups in total. The summed E-state index contributed by atoms with van der Waals surface area (Å²) in [7, 11) is 0. The predicted molar refractivity (Wildman–Crippen MR) is 108 cm³/mol. The molecule has 1 aliphatic rings. The molecule has 0 spiro atoms. The van der Waals surface area contributed by atoms with Gasteiger partial charge < -0.3 is 0 Å².